The van der Waals surface area contributed by atoms with Gasteiger partial charge in [0.2, 0.25) is 5.91 Å². The van der Waals surface area contributed by atoms with Crippen LogP contribution in [0, 0.1) is 0 Å². The summed E-state index contributed by atoms with van der Waals surface area (Å²) >= 11 is 5.51. The molecule has 0 radical (unpaired) electrons. The van der Waals surface area contributed by atoms with Crippen molar-refractivity contribution in [2.24, 2.45) is 0 Å². The van der Waals surface area contributed by atoms with Gasteiger partial charge in [0.1, 0.15) is 5.38 Å². The highest BCUT2D eigenvalue weighted by Crippen LogP contribution is 2.16. The zero-order valence-electron chi connectivity index (χ0n) is 8.80. The molecular formula is C9H15ClN2O3. The maximum Gasteiger partial charge on any atom is 0.321 e. The largest absolute Gasteiger partial charge is 0.379 e. The van der Waals surface area contributed by atoms with Crippen molar-refractivity contribution >= 4 is 23.5 Å². The topological polar surface area (TPSA) is 67.4 Å². The Labute approximate surface area is 93.5 Å². The van der Waals surface area contributed by atoms with Crippen LogP contribution in [0.3, 0.4) is 0 Å². The van der Waals surface area contributed by atoms with E-state index in [2.05, 4.69) is 10.6 Å². The molecule has 0 bridgehead atoms. The number of alkyl halides is 1. The van der Waals surface area contributed by atoms with Crippen LogP contribution >= 0.6 is 11.6 Å². The normalized spacial score (nSPS) is 27.1. The van der Waals surface area contributed by atoms with Crippen LogP contribution in [0.4, 0.5) is 4.79 Å². The van der Waals surface area contributed by atoms with Crippen LogP contribution in [0.5, 0.6) is 0 Å². The molecule has 1 fully saturated rings. The highest BCUT2D eigenvalue weighted by molar-refractivity contribution is 6.31. The van der Waals surface area contributed by atoms with Gasteiger partial charge in [-0.05, 0) is 20.3 Å². The summed E-state index contributed by atoms with van der Waals surface area (Å²) in [6.45, 7) is 4.46. The van der Waals surface area contributed by atoms with Gasteiger partial charge in [-0.15, -0.1) is 11.6 Å². The molecule has 1 heterocycles. The number of urea groups is 1. The molecule has 5 nitrogen and oxygen atoms in total. The Bertz CT molecular complexity index is 262. The second-order valence-electron chi connectivity index (χ2n) is 3.92. The summed E-state index contributed by atoms with van der Waals surface area (Å²) in [6, 6.07) is -0.527. The monoisotopic (exact) mass is 234 g/mol. The maximum absolute atomic E-state index is 11.4. The number of hydrogen-bond acceptors (Lipinski definition) is 3. The van der Waals surface area contributed by atoms with E-state index < -0.39 is 17.3 Å². The molecule has 2 N–H and O–H groups in total. The summed E-state index contributed by atoms with van der Waals surface area (Å²) in [4.78, 5) is 22.5. The van der Waals surface area contributed by atoms with Crippen molar-refractivity contribution in [3.63, 3.8) is 0 Å². The number of hydrogen-bond donors (Lipinski definition) is 2. The molecular weight excluding hydrogens is 220 g/mol. The Morgan fingerprint density at radius 3 is 2.67 bits per heavy atom. The fraction of sp³-hybridized carbons (Fsp3) is 0.778. The van der Waals surface area contributed by atoms with Crippen molar-refractivity contribution in [2.45, 2.75) is 31.2 Å². The first-order chi connectivity index (χ1) is 6.93. The molecule has 2 unspecified atom stereocenters. The number of nitrogens with one attached hydrogen (secondary N) is 2. The lowest BCUT2D eigenvalue weighted by Crippen LogP contribution is -2.52. The van der Waals surface area contributed by atoms with Crippen LogP contribution in [-0.4, -0.2) is 36.1 Å². The van der Waals surface area contributed by atoms with Gasteiger partial charge in [0.25, 0.3) is 0 Å². The second-order valence-corrected chi connectivity index (χ2v) is 4.58. The summed E-state index contributed by atoms with van der Waals surface area (Å²) < 4.78 is 5.16. The van der Waals surface area contributed by atoms with Crippen LogP contribution in [0.1, 0.15) is 20.3 Å². The number of carbonyl (C=O) groups is 2. The summed E-state index contributed by atoms with van der Waals surface area (Å²) in [5, 5.41) is 4.12. The van der Waals surface area contributed by atoms with Gasteiger partial charge in [-0.25, -0.2) is 4.79 Å². The fourth-order valence-electron chi connectivity index (χ4n) is 1.28. The predicted molar refractivity (Wildman–Crippen MR) is 55.8 cm³/mol. The molecule has 0 aromatic carbocycles. The Hall–Kier alpha value is -0.810. The molecule has 2 atom stereocenters. The molecule has 6 heteroatoms. The average Bonchev–Trinajstić information content (AvgIpc) is 2.50. The maximum atomic E-state index is 11.4. The number of amides is 3. The Balaban J connectivity index is 2.39. The van der Waals surface area contributed by atoms with E-state index in [-0.39, 0.29) is 5.54 Å². The predicted octanol–water partition coefficient (Wildman–Crippen LogP) is 0.619. The fourth-order valence-corrected chi connectivity index (χ4v) is 1.34. The van der Waals surface area contributed by atoms with Gasteiger partial charge in [-0.3, -0.25) is 10.1 Å². The van der Waals surface area contributed by atoms with Gasteiger partial charge < -0.3 is 10.1 Å². The minimum atomic E-state index is -0.719. The number of imide groups is 1. The molecule has 3 amide bonds. The molecule has 0 aromatic heterocycles. The molecule has 1 aliphatic rings. The third-order valence-electron chi connectivity index (χ3n) is 2.23. The number of ether oxygens (including phenoxy) is 1. The van der Waals surface area contributed by atoms with E-state index in [9.17, 15) is 9.59 Å². The van der Waals surface area contributed by atoms with Crippen molar-refractivity contribution in [3.8, 4) is 0 Å². The number of rotatable bonds is 2. The Morgan fingerprint density at radius 2 is 2.20 bits per heavy atom. The summed E-state index contributed by atoms with van der Waals surface area (Å²) in [5.74, 6) is -0.503. The van der Waals surface area contributed by atoms with Crippen LogP contribution in [-0.2, 0) is 9.53 Å². The first kappa shape index (κ1) is 12.3. The van der Waals surface area contributed by atoms with E-state index in [0.717, 1.165) is 6.42 Å². The lowest BCUT2D eigenvalue weighted by Gasteiger charge is -2.23. The van der Waals surface area contributed by atoms with E-state index in [1.165, 1.54) is 6.92 Å². The number of carbonyl (C=O) groups excluding carboxylic acids is 2. The van der Waals surface area contributed by atoms with Crippen molar-refractivity contribution in [3.05, 3.63) is 0 Å². The molecule has 0 aliphatic carbocycles. The van der Waals surface area contributed by atoms with Crippen LogP contribution in [0.2, 0.25) is 0 Å². The van der Waals surface area contributed by atoms with Gasteiger partial charge in [0.05, 0.1) is 12.1 Å². The molecule has 0 aromatic rings. The standard InChI is InChI=1S/C9H15ClN2O3/c1-6(10)7(13)11-8(14)12-9(2)3-4-15-5-9/h6H,3-5H2,1-2H3,(H2,11,12,13,14). The molecule has 1 saturated heterocycles. The minimum absolute atomic E-state index is 0.389. The van der Waals surface area contributed by atoms with Gasteiger partial charge in [-0.2, -0.15) is 0 Å². The van der Waals surface area contributed by atoms with Crippen LogP contribution < -0.4 is 10.6 Å². The van der Waals surface area contributed by atoms with E-state index >= 15 is 0 Å². The summed E-state index contributed by atoms with van der Waals surface area (Å²) in [5.41, 5.74) is -0.389. The second kappa shape index (κ2) is 4.81. The van der Waals surface area contributed by atoms with Gasteiger partial charge in [0.15, 0.2) is 0 Å². The molecule has 1 rings (SSSR count). The van der Waals surface area contributed by atoms with Crippen molar-refractivity contribution in [2.75, 3.05) is 13.2 Å². The van der Waals surface area contributed by atoms with E-state index in [1.807, 2.05) is 6.92 Å². The molecule has 0 saturated carbocycles. The van der Waals surface area contributed by atoms with E-state index in [0.29, 0.717) is 13.2 Å². The zero-order valence-corrected chi connectivity index (χ0v) is 9.56. The lowest BCUT2D eigenvalue weighted by molar-refractivity contribution is -0.119. The number of halogens is 1. The molecule has 0 spiro atoms. The third kappa shape index (κ3) is 3.68. The van der Waals surface area contributed by atoms with Crippen LogP contribution in [0.25, 0.3) is 0 Å². The molecule has 15 heavy (non-hydrogen) atoms. The Morgan fingerprint density at radius 1 is 1.53 bits per heavy atom. The Kier molecular flexibility index (Phi) is 3.93. The first-order valence-corrected chi connectivity index (χ1v) is 5.21. The lowest BCUT2D eigenvalue weighted by atomic mass is 10.0. The van der Waals surface area contributed by atoms with Crippen molar-refractivity contribution < 1.29 is 14.3 Å². The molecule has 86 valence electrons. The minimum Gasteiger partial charge on any atom is -0.379 e. The van der Waals surface area contributed by atoms with E-state index in [4.69, 9.17) is 16.3 Å². The average molecular weight is 235 g/mol. The van der Waals surface area contributed by atoms with Crippen LogP contribution in [0.15, 0.2) is 0 Å². The highest BCUT2D eigenvalue weighted by Gasteiger charge is 2.31. The SMILES string of the molecule is CC(Cl)C(=O)NC(=O)NC1(C)CCOC1. The smallest absolute Gasteiger partial charge is 0.321 e. The van der Waals surface area contributed by atoms with E-state index in [1.54, 1.807) is 0 Å². The first-order valence-electron chi connectivity index (χ1n) is 4.78. The highest BCUT2D eigenvalue weighted by atomic mass is 35.5. The summed E-state index contributed by atoms with van der Waals surface area (Å²) in [7, 11) is 0. The van der Waals surface area contributed by atoms with Gasteiger partial charge in [0, 0.05) is 6.61 Å². The van der Waals surface area contributed by atoms with Gasteiger partial charge in [-0.1, -0.05) is 0 Å². The third-order valence-corrected chi connectivity index (χ3v) is 2.43. The van der Waals surface area contributed by atoms with Crippen molar-refractivity contribution in [1.82, 2.24) is 10.6 Å². The summed E-state index contributed by atoms with van der Waals surface area (Å²) in [6.07, 6.45) is 0.741. The zero-order chi connectivity index (χ0) is 11.5. The molecule has 1 aliphatic heterocycles. The quantitative estimate of drug-likeness (QED) is 0.689. The van der Waals surface area contributed by atoms with Gasteiger partial charge >= 0.3 is 6.03 Å². The van der Waals surface area contributed by atoms with Crippen molar-refractivity contribution in [1.29, 1.82) is 0 Å².